The molecular weight excluding hydrogens is 270 g/mol. The van der Waals surface area contributed by atoms with Crippen molar-refractivity contribution in [2.24, 2.45) is 0 Å². The number of hydrogen-bond donors (Lipinski definition) is 1. The van der Waals surface area contributed by atoms with E-state index in [2.05, 4.69) is 5.32 Å². The summed E-state index contributed by atoms with van der Waals surface area (Å²) < 4.78 is 0. The van der Waals surface area contributed by atoms with Crippen molar-refractivity contribution >= 4 is 23.0 Å². The van der Waals surface area contributed by atoms with Crippen molar-refractivity contribution < 1.29 is 9.72 Å². The lowest BCUT2D eigenvalue weighted by atomic mass is 10.1. The van der Waals surface area contributed by atoms with Gasteiger partial charge < -0.3 is 10.2 Å². The number of nitrogens with zero attached hydrogens (tertiary/aromatic N) is 2. The fourth-order valence-electron chi connectivity index (χ4n) is 1.99. The Morgan fingerprint density at radius 2 is 1.86 bits per heavy atom. The van der Waals surface area contributed by atoms with Gasteiger partial charge in [-0.05, 0) is 18.2 Å². The lowest BCUT2D eigenvalue weighted by molar-refractivity contribution is -0.384. The van der Waals surface area contributed by atoms with Crippen molar-refractivity contribution in [3.05, 3.63) is 64.2 Å². The number of para-hydroxylation sites is 1. The van der Waals surface area contributed by atoms with Gasteiger partial charge in [0.05, 0.1) is 10.5 Å². The molecule has 0 aliphatic carbocycles. The molecule has 0 aliphatic rings. The van der Waals surface area contributed by atoms with Gasteiger partial charge in [0.15, 0.2) is 0 Å². The van der Waals surface area contributed by atoms with Gasteiger partial charge in [-0.25, -0.2) is 0 Å². The second-order valence-corrected chi connectivity index (χ2v) is 4.44. The number of nitro benzene ring substituents is 1. The number of benzene rings is 2. The van der Waals surface area contributed by atoms with Crippen LogP contribution in [0.15, 0.2) is 48.5 Å². The van der Waals surface area contributed by atoms with Crippen molar-refractivity contribution in [3.63, 3.8) is 0 Å². The van der Waals surface area contributed by atoms with Gasteiger partial charge in [0.25, 0.3) is 11.6 Å². The molecule has 0 atom stereocenters. The molecule has 0 fully saturated rings. The number of carbonyl (C=O) groups excluding carboxylic acids is 1. The average Bonchev–Trinajstić information content (AvgIpc) is 2.53. The van der Waals surface area contributed by atoms with Gasteiger partial charge in [-0.15, -0.1) is 0 Å². The van der Waals surface area contributed by atoms with Gasteiger partial charge >= 0.3 is 0 Å². The molecule has 0 saturated heterocycles. The fourth-order valence-corrected chi connectivity index (χ4v) is 1.99. The number of nitro groups is 1. The number of non-ortho nitro benzene ring substituents is 1. The van der Waals surface area contributed by atoms with Crippen LogP contribution in [0.2, 0.25) is 0 Å². The summed E-state index contributed by atoms with van der Waals surface area (Å²) in [7, 11) is 3.30. The number of anilines is 2. The van der Waals surface area contributed by atoms with Gasteiger partial charge in [0.2, 0.25) is 0 Å². The summed E-state index contributed by atoms with van der Waals surface area (Å²) in [6.07, 6.45) is 0. The van der Waals surface area contributed by atoms with Crippen LogP contribution in [0.4, 0.5) is 17.1 Å². The SMILES string of the molecule is CNc1ccc([N+](=O)[O-])cc1C(=O)N(C)c1ccccc1. The molecule has 2 aromatic carbocycles. The van der Waals surface area contributed by atoms with Gasteiger partial charge in [-0.1, -0.05) is 18.2 Å². The van der Waals surface area contributed by atoms with Gasteiger partial charge in [-0.2, -0.15) is 0 Å². The van der Waals surface area contributed by atoms with E-state index >= 15 is 0 Å². The van der Waals surface area contributed by atoms with Gasteiger partial charge in [0.1, 0.15) is 0 Å². The smallest absolute Gasteiger partial charge is 0.270 e. The monoisotopic (exact) mass is 285 g/mol. The first-order valence-corrected chi connectivity index (χ1v) is 6.34. The summed E-state index contributed by atoms with van der Waals surface area (Å²) in [5.74, 6) is -0.311. The predicted octanol–water partition coefficient (Wildman–Crippen LogP) is 2.91. The van der Waals surface area contributed by atoms with Crippen LogP contribution in [0.25, 0.3) is 0 Å². The Kier molecular flexibility index (Phi) is 4.18. The molecule has 2 rings (SSSR count). The van der Waals surface area contributed by atoms with Crippen LogP contribution in [0.1, 0.15) is 10.4 Å². The molecule has 0 radical (unpaired) electrons. The molecular formula is C15H15N3O3. The van der Waals surface area contributed by atoms with E-state index in [0.29, 0.717) is 5.69 Å². The van der Waals surface area contributed by atoms with Crippen molar-refractivity contribution in [2.45, 2.75) is 0 Å². The molecule has 1 amide bonds. The molecule has 108 valence electrons. The molecule has 0 aliphatic heterocycles. The summed E-state index contributed by atoms with van der Waals surface area (Å²) in [6.45, 7) is 0. The summed E-state index contributed by atoms with van der Waals surface area (Å²) in [5, 5.41) is 13.8. The van der Waals surface area contributed by atoms with Crippen molar-refractivity contribution in [1.29, 1.82) is 0 Å². The standard InChI is InChI=1S/C15H15N3O3/c1-16-14-9-8-12(18(20)21)10-13(14)15(19)17(2)11-6-4-3-5-7-11/h3-10,16H,1-2H3. The molecule has 6 nitrogen and oxygen atoms in total. The van der Waals surface area contributed by atoms with Crippen LogP contribution < -0.4 is 10.2 Å². The first-order valence-electron chi connectivity index (χ1n) is 6.34. The Bertz CT molecular complexity index is 671. The predicted molar refractivity (Wildman–Crippen MR) is 81.8 cm³/mol. The van der Waals surface area contributed by atoms with Crippen molar-refractivity contribution in [3.8, 4) is 0 Å². The zero-order chi connectivity index (χ0) is 15.4. The van der Waals surface area contributed by atoms with E-state index < -0.39 is 4.92 Å². The second-order valence-electron chi connectivity index (χ2n) is 4.44. The fraction of sp³-hybridized carbons (Fsp3) is 0.133. The summed E-state index contributed by atoms with van der Waals surface area (Å²) in [4.78, 5) is 24.4. The first kappa shape index (κ1) is 14.5. The number of carbonyl (C=O) groups is 1. The molecule has 0 heterocycles. The van der Waals surface area contributed by atoms with E-state index in [0.717, 1.165) is 5.69 Å². The van der Waals surface area contributed by atoms with Crippen LogP contribution in [-0.4, -0.2) is 24.9 Å². The van der Waals surface area contributed by atoms with E-state index in [1.807, 2.05) is 18.2 Å². The Morgan fingerprint density at radius 3 is 2.43 bits per heavy atom. The number of hydrogen-bond acceptors (Lipinski definition) is 4. The third-order valence-electron chi connectivity index (χ3n) is 3.16. The van der Waals surface area contributed by atoms with Crippen LogP contribution in [-0.2, 0) is 0 Å². The topological polar surface area (TPSA) is 75.5 Å². The third kappa shape index (κ3) is 3.00. The minimum atomic E-state index is -0.515. The van der Waals surface area contributed by atoms with E-state index in [1.54, 1.807) is 26.2 Å². The highest BCUT2D eigenvalue weighted by Gasteiger charge is 2.20. The molecule has 1 N–H and O–H groups in total. The summed E-state index contributed by atoms with van der Waals surface area (Å²) >= 11 is 0. The van der Waals surface area contributed by atoms with Crippen LogP contribution >= 0.6 is 0 Å². The summed E-state index contributed by atoms with van der Waals surface area (Å²) in [5.41, 5.74) is 1.42. The lowest BCUT2D eigenvalue weighted by Gasteiger charge is -2.19. The van der Waals surface area contributed by atoms with E-state index in [1.165, 1.54) is 23.1 Å². The van der Waals surface area contributed by atoms with E-state index in [9.17, 15) is 14.9 Å². The number of rotatable bonds is 4. The maximum absolute atomic E-state index is 12.6. The van der Waals surface area contributed by atoms with Crippen molar-refractivity contribution in [1.82, 2.24) is 0 Å². The van der Waals surface area contributed by atoms with Crippen LogP contribution in [0.3, 0.4) is 0 Å². The highest BCUT2D eigenvalue weighted by molar-refractivity contribution is 6.09. The normalized spacial score (nSPS) is 10.0. The maximum atomic E-state index is 12.6. The maximum Gasteiger partial charge on any atom is 0.270 e. The molecule has 2 aromatic rings. The molecule has 0 bridgehead atoms. The van der Waals surface area contributed by atoms with Gasteiger partial charge in [-0.3, -0.25) is 14.9 Å². The van der Waals surface area contributed by atoms with Crippen molar-refractivity contribution in [2.75, 3.05) is 24.3 Å². The largest absolute Gasteiger partial charge is 0.387 e. The summed E-state index contributed by atoms with van der Waals surface area (Å²) in [6, 6.07) is 13.3. The first-order chi connectivity index (χ1) is 10.0. The van der Waals surface area contributed by atoms with Gasteiger partial charge in [0, 0.05) is 37.6 Å². The molecule has 0 aromatic heterocycles. The second kappa shape index (κ2) is 6.04. The highest BCUT2D eigenvalue weighted by Crippen LogP contribution is 2.24. The molecule has 21 heavy (non-hydrogen) atoms. The molecule has 6 heteroatoms. The molecule has 0 spiro atoms. The van der Waals surface area contributed by atoms with Crippen LogP contribution in [0, 0.1) is 10.1 Å². The zero-order valence-electron chi connectivity index (χ0n) is 11.7. The zero-order valence-corrected chi connectivity index (χ0v) is 11.7. The third-order valence-corrected chi connectivity index (χ3v) is 3.16. The van der Waals surface area contributed by atoms with Crippen LogP contribution in [0.5, 0.6) is 0 Å². The highest BCUT2D eigenvalue weighted by atomic mass is 16.6. The number of amides is 1. The van der Waals surface area contributed by atoms with E-state index in [-0.39, 0.29) is 17.2 Å². The Hall–Kier alpha value is -2.89. The Balaban J connectivity index is 2.42. The molecule has 0 saturated carbocycles. The number of nitrogens with one attached hydrogen (secondary N) is 1. The minimum Gasteiger partial charge on any atom is -0.387 e. The van der Waals surface area contributed by atoms with E-state index in [4.69, 9.17) is 0 Å². The Labute approximate surface area is 122 Å². The average molecular weight is 285 g/mol. The quantitative estimate of drug-likeness (QED) is 0.692. The molecule has 0 unspecified atom stereocenters. The lowest BCUT2D eigenvalue weighted by Crippen LogP contribution is -2.27. The Morgan fingerprint density at radius 1 is 1.19 bits per heavy atom. The minimum absolute atomic E-state index is 0.112.